The van der Waals surface area contributed by atoms with Crippen LogP contribution in [-0.4, -0.2) is 18.2 Å². The summed E-state index contributed by atoms with van der Waals surface area (Å²) in [6, 6.07) is 5.96. The normalized spacial score (nSPS) is 13.7. The topological polar surface area (TPSA) is 38.3 Å². The van der Waals surface area contributed by atoms with E-state index in [-0.39, 0.29) is 18.3 Å². The molecule has 0 saturated carbocycles. The van der Waals surface area contributed by atoms with E-state index in [1.807, 2.05) is 0 Å². The first-order valence-corrected chi connectivity index (χ1v) is 6.74. The average Bonchev–Trinajstić information content (AvgIpc) is 2.37. The molecule has 1 aromatic carbocycles. The van der Waals surface area contributed by atoms with Crippen molar-refractivity contribution in [3.63, 3.8) is 0 Å². The van der Waals surface area contributed by atoms with Crippen LogP contribution in [-0.2, 0) is 4.74 Å². The zero-order valence-corrected chi connectivity index (χ0v) is 12.7. The molecular weight excluding hydrogens is 276 g/mol. The third kappa shape index (κ3) is 5.94. The molecule has 0 aliphatic carbocycles. The van der Waals surface area contributed by atoms with E-state index in [1.165, 1.54) is 12.1 Å². The molecule has 0 bridgehead atoms. The van der Waals surface area contributed by atoms with Crippen LogP contribution in [0.25, 0.3) is 0 Å². The molecule has 21 heavy (non-hydrogen) atoms. The second-order valence-electron chi connectivity index (χ2n) is 5.82. The Morgan fingerprint density at radius 2 is 2.10 bits per heavy atom. The van der Waals surface area contributed by atoms with Crippen LogP contribution in [0.2, 0.25) is 0 Å². The lowest BCUT2D eigenvalue weighted by molar-refractivity contribution is 0.0532. The van der Waals surface area contributed by atoms with E-state index >= 15 is 0 Å². The molecule has 0 aliphatic rings. The fraction of sp³-hybridized carbons (Fsp3) is 0.438. The van der Waals surface area contributed by atoms with Crippen molar-refractivity contribution in [2.45, 2.75) is 39.2 Å². The van der Waals surface area contributed by atoms with Crippen LogP contribution >= 0.6 is 0 Å². The van der Waals surface area contributed by atoms with Crippen molar-refractivity contribution in [1.29, 1.82) is 0 Å². The minimum Gasteiger partial charge on any atom is -0.444 e. The maximum Gasteiger partial charge on any atom is 0.407 e. The summed E-state index contributed by atoms with van der Waals surface area (Å²) >= 11 is 0. The van der Waals surface area contributed by atoms with Gasteiger partial charge in [-0.25, -0.2) is 13.6 Å². The minimum atomic E-state index is -0.617. The number of benzene rings is 1. The lowest BCUT2D eigenvalue weighted by Gasteiger charge is -2.21. The Kier molecular flexibility index (Phi) is 5.88. The molecule has 0 aromatic heterocycles. The summed E-state index contributed by atoms with van der Waals surface area (Å²) in [5.41, 5.74) is 0.369. The lowest BCUT2D eigenvalue weighted by atomic mass is 9.93. The van der Waals surface area contributed by atoms with Gasteiger partial charge in [-0.3, -0.25) is 0 Å². The molecule has 0 fully saturated rings. The van der Waals surface area contributed by atoms with Crippen molar-refractivity contribution in [1.82, 2.24) is 5.32 Å². The lowest BCUT2D eigenvalue weighted by Crippen LogP contribution is -2.34. The molecule has 0 aliphatic heterocycles. The molecule has 1 rings (SSSR count). The molecular formula is C16H21F2NO2. The number of halogens is 2. The van der Waals surface area contributed by atoms with Crippen LogP contribution in [0.5, 0.6) is 0 Å². The van der Waals surface area contributed by atoms with Crippen LogP contribution in [0.4, 0.5) is 13.6 Å². The van der Waals surface area contributed by atoms with Gasteiger partial charge in [-0.05, 0) is 44.0 Å². The van der Waals surface area contributed by atoms with Gasteiger partial charge in [-0.2, -0.15) is 0 Å². The van der Waals surface area contributed by atoms with Gasteiger partial charge in [0.2, 0.25) is 0 Å². The fourth-order valence-corrected chi connectivity index (χ4v) is 1.76. The van der Waals surface area contributed by atoms with Crippen molar-refractivity contribution in [3.05, 3.63) is 47.5 Å². The molecule has 1 atom stereocenters. The predicted octanol–water partition coefficient (Wildman–Crippen LogP) is 4.31. The standard InChI is InChI=1S/C16H21F2NO2/c1-11(12-6-5-7-14(18)8-12)13(9-17)10-19-15(20)21-16(2,3)4/h5-9,11H,10H2,1-4H3,(H,19,20). The van der Waals surface area contributed by atoms with Crippen LogP contribution in [0.15, 0.2) is 36.2 Å². The maximum absolute atomic E-state index is 13.2. The van der Waals surface area contributed by atoms with Gasteiger partial charge in [0.1, 0.15) is 11.4 Å². The average molecular weight is 297 g/mol. The molecule has 116 valence electrons. The number of carbonyl (C=O) groups is 1. The van der Waals surface area contributed by atoms with Crippen molar-refractivity contribution in [2.24, 2.45) is 0 Å². The van der Waals surface area contributed by atoms with Gasteiger partial charge in [0.05, 0.1) is 6.33 Å². The number of hydrogen-bond acceptors (Lipinski definition) is 2. The number of nitrogens with one attached hydrogen (secondary N) is 1. The quantitative estimate of drug-likeness (QED) is 0.899. The largest absolute Gasteiger partial charge is 0.444 e. The van der Waals surface area contributed by atoms with E-state index in [0.717, 1.165) is 0 Å². The fourth-order valence-electron chi connectivity index (χ4n) is 1.76. The van der Waals surface area contributed by atoms with Crippen molar-refractivity contribution in [3.8, 4) is 0 Å². The molecule has 0 saturated heterocycles. The second-order valence-corrected chi connectivity index (χ2v) is 5.82. The third-order valence-electron chi connectivity index (χ3n) is 2.88. The Morgan fingerprint density at radius 3 is 2.62 bits per heavy atom. The van der Waals surface area contributed by atoms with Gasteiger partial charge in [-0.15, -0.1) is 0 Å². The van der Waals surface area contributed by atoms with E-state index in [1.54, 1.807) is 39.8 Å². The molecule has 0 radical (unpaired) electrons. The highest BCUT2D eigenvalue weighted by molar-refractivity contribution is 5.68. The van der Waals surface area contributed by atoms with Gasteiger partial charge in [0, 0.05) is 12.5 Å². The number of carbonyl (C=O) groups excluding carboxylic acids is 1. The number of ether oxygens (including phenoxy) is 1. The number of alkyl carbamates (subject to hydrolysis) is 1. The summed E-state index contributed by atoms with van der Waals surface area (Å²) < 4.78 is 31.3. The smallest absolute Gasteiger partial charge is 0.407 e. The summed E-state index contributed by atoms with van der Waals surface area (Å²) in [5.74, 6) is -0.724. The van der Waals surface area contributed by atoms with Crippen LogP contribution in [0.1, 0.15) is 39.2 Å². The Labute approximate surface area is 124 Å². The molecule has 3 nitrogen and oxygen atoms in total. The zero-order valence-electron chi connectivity index (χ0n) is 12.7. The Bertz CT molecular complexity index is 521. The highest BCUT2D eigenvalue weighted by atomic mass is 19.1. The third-order valence-corrected chi connectivity index (χ3v) is 2.88. The molecule has 0 spiro atoms. The first kappa shape index (κ1) is 17.1. The summed E-state index contributed by atoms with van der Waals surface area (Å²) in [7, 11) is 0. The predicted molar refractivity (Wildman–Crippen MR) is 78.2 cm³/mol. The van der Waals surface area contributed by atoms with Gasteiger partial charge in [0.15, 0.2) is 0 Å². The summed E-state index contributed by atoms with van der Waals surface area (Å²) in [6.07, 6.45) is -0.180. The van der Waals surface area contributed by atoms with Crippen LogP contribution in [0, 0.1) is 5.82 Å². The van der Waals surface area contributed by atoms with E-state index in [0.29, 0.717) is 17.5 Å². The van der Waals surface area contributed by atoms with Gasteiger partial charge in [0.25, 0.3) is 0 Å². The van der Waals surface area contributed by atoms with E-state index in [9.17, 15) is 13.6 Å². The van der Waals surface area contributed by atoms with Crippen LogP contribution < -0.4 is 5.32 Å². The number of amides is 1. The minimum absolute atomic E-state index is 0.00307. The molecule has 1 unspecified atom stereocenters. The van der Waals surface area contributed by atoms with Gasteiger partial charge in [-0.1, -0.05) is 19.1 Å². The van der Waals surface area contributed by atoms with Crippen molar-refractivity contribution >= 4 is 6.09 Å². The summed E-state index contributed by atoms with van der Waals surface area (Å²) in [6.45, 7) is 6.98. The van der Waals surface area contributed by atoms with Gasteiger partial charge < -0.3 is 10.1 Å². The Hall–Kier alpha value is -1.91. The van der Waals surface area contributed by atoms with Crippen molar-refractivity contribution < 1.29 is 18.3 Å². The second kappa shape index (κ2) is 7.20. The SMILES string of the molecule is CC(C(=CF)CNC(=O)OC(C)(C)C)c1cccc(F)c1. The van der Waals surface area contributed by atoms with Crippen molar-refractivity contribution in [2.75, 3.05) is 6.54 Å². The zero-order chi connectivity index (χ0) is 16.0. The van der Waals surface area contributed by atoms with E-state index in [2.05, 4.69) is 5.32 Å². The number of hydrogen-bond donors (Lipinski definition) is 1. The van der Waals surface area contributed by atoms with E-state index in [4.69, 9.17) is 4.74 Å². The maximum atomic E-state index is 13.2. The molecule has 1 aromatic rings. The summed E-state index contributed by atoms with van der Waals surface area (Å²) in [4.78, 5) is 11.5. The first-order chi connectivity index (χ1) is 9.73. The molecule has 5 heteroatoms. The number of rotatable bonds is 4. The molecule has 0 heterocycles. The first-order valence-electron chi connectivity index (χ1n) is 6.74. The summed E-state index contributed by atoms with van der Waals surface area (Å²) in [5, 5.41) is 2.49. The Balaban J connectivity index is 2.66. The highest BCUT2D eigenvalue weighted by Gasteiger charge is 2.18. The Morgan fingerprint density at radius 1 is 1.43 bits per heavy atom. The highest BCUT2D eigenvalue weighted by Crippen LogP contribution is 2.24. The monoisotopic (exact) mass is 297 g/mol. The van der Waals surface area contributed by atoms with Crippen LogP contribution in [0.3, 0.4) is 0 Å². The molecule has 1 amide bonds. The molecule has 1 N–H and O–H groups in total. The van der Waals surface area contributed by atoms with Gasteiger partial charge >= 0.3 is 6.09 Å². The van der Waals surface area contributed by atoms with E-state index < -0.39 is 11.7 Å².